The maximum Gasteiger partial charge on any atom is 0.229 e. The number of rotatable bonds is 5. The van der Waals surface area contributed by atoms with E-state index in [0.29, 0.717) is 23.2 Å². The predicted octanol–water partition coefficient (Wildman–Crippen LogP) is 2.35. The first-order valence-corrected chi connectivity index (χ1v) is 10.9. The summed E-state index contributed by atoms with van der Waals surface area (Å²) >= 11 is 0. The highest BCUT2D eigenvalue weighted by atomic mass is 32.2. The van der Waals surface area contributed by atoms with Crippen molar-refractivity contribution in [3.63, 3.8) is 0 Å². The van der Waals surface area contributed by atoms with Crippen LogP contribution in [-0.4, -0.2) is 43.0 Å². The van der Waals surface area contributed by atoms with E-state index in [1.165, 1.54) is 0 Å². The number of benzene rings is 1. The zero-order valence-corrected chi connectivity index (χ0v) is 15.5. The Morgan fingerprint density at radius 1 is 1.04 bits per heavy atom. The van der Waals surface area contributed by atoms with Gasteiger partial charge in [0, 0.05) is 24.7 Å². The minimum atomic E-state index is -3.28. The summed E-state index contributed by atoms with van der Waals surface area (Å²) in [7, 11) is -3.28. The van der Waals surface area contributed by atoms with Gasteiger partial charge in [-0.15, -0.1) is 0 Å². The zero-order valence-electron chi connectivity index (χ0n) is 14.7. The number of carbonyl (C=O) groups is 2. The lowest BCUT2D eigenvalue weighted by molar-refractivity contribution is -0.128. The number of hydrogen-bond donors (Lipinski definition) is 1. The maximum atomic E-state index is 12.6. The highest BCUT2D eigenvalue weighted by Crippen LogP contribution is 2.33. The Labute approximate surface area is 153 Å². The molecule has 6 nitrogen and oxygen atoms in total. The summed E-state index contributed by atoms with van der Waals surface area (Å²) in [5.74, 6) is -0.441. The number of amides is 2. The van der Waals surface area contributed by atoms with Gasteiger partial charge < -0.3 is 10.2 Å². The summed E-state index contributed by atoms with van der Waals surface area (Å²) < 4.78 is 25.2. The van der Waals surface area contributed by atoms with E-state index in [1.54, 1.807) is 24.3 Å². The molecule has 2 amide bonds. The van der Waals surface area contributed by atoms with Crippen molar-refractivity contribution in [1.29, 1.82) is 0 Å². The molecule has 1 aliphatic heterocycles. The van der Waals surface area contributed by atoms with Gasteiger partial charge in [-0.3, -0.25) is 9.59 Å². The molecule has 0 radical (unpaired) electrons. The summed E-state index contributed by atoms with van der Waals surface area (Å²) in [6.45, 7) is 0.490. The van der Waals surface area contributed by atoms with Crippen molar-refractivity contribution in [1.82, 2.24) is 4.90 Å². The number of nitrogens with one attached hydrogen (secondary N) is 1. The number of hydrogen-bond acceptors (Lipinski definition) is 4. The molecular formula is C19H24N2O4S. The largest absolute Gasteiger partial charge is 0.339 e. The number of likely N-dealkylation sites (tertiary alicyclic amines) is 1. The second kappa shape index (κ2) is 6.68. The Morgan fingerprint density at radius 2 is 1.69 bits per heavy atom. The molecule has 3 aliphatic rings. The number of anilines is 1. The van der Waals surface area contributed by atoms with Crippen LogP contribution in [0.1, 0.15) is 44.9 Å². The quantitative estimate of drug-likeness (QED) is 0.855. The van der Waals surface area contributed by atoms with Gasteiger partial charge in [-0.1, -0.05) is 12.8 Å². The summed E-state index contributed by atoms with van der Waals surface area (Å²) in [5.41, 5.74) is 0.567. The Balaban J connectivity index is 1.39. The molecule has 0 spiro atoms. The third-order valence-corrected chi connectivity index (χ3v) is 7.99. The van der Waals surface area contributed by atoms with Gasteiger partial charge in [-0.2, -0.15) is 0 Å². The molecule has 1 atom stereocenters. The average molecular weight is 376 g/mol. The van der Waals surface area contributed by atoms with Crippen LogP contribution in [0.25, 0.3) is 0 Å². The third kappa shape index (κ3) is 3.37. The second-order valence-electron chi connectivity index (χ2n) is 7.64. The Morgan fingerprint density at radius 3 is 2.31 bits per heavy atom. The van der Waals surface area contributed by atoms with Crippen molar-refractivity contribution in [3.05, 3.63) is 24.3 Å². The monoisotopic (exact) mass is 376 g/mol. The molecule has 0 unspecified atom stereocenters. The van der Waals surface area contributed by atoms with E-state index in [9.17, 15) is 18.0 Å². The van der Waals surface area contributed by atoms with E-state index in [2.05, 4.69) is 5.32 Å². The first kappa shape index (κ1) is 17.5. The normalized spacial score (nSPS) is 24.2. The molecule has 26 heavy (non-hydrogen) atoms. The van der Waals surface area contributed by atoms with E-state index < -0.39 is 9.84 Å². The van der Waals surface area contributed by atoms with Crippen molar-refractivity contribution >= 4 is 27.3 Å². The van der Waals surface area contributed by atoms with Gasteiger partial charge in [-0.25, -0.2) is 8.42 Å². The second-order valence-corrected chi connectivity index (χ2v) is 9.87. The molecule has 1 N–H and O–H groups in total. The summed E-state index contributed by atoms with van der Waals surface area (Å²) in [6, 6.07) is 6.74. The fourth-order valence-corrected chi connectivity index (χ4v) is 5.86. The Hall–Kier alpha value is -1.89. The van der Waals surface area contributed by atoms with Gasteiger partial charge in [0.1, 0.15) is 0 Å². The van der Waals surface area contributed by atoms with Crippen LogP contribution in [0, 0.1) is 5.92 Å². The fourth-order valence-electron chi connectivity index (χ4n) is 4.01. The summed E-state index contributed by atoms with van der Waals surface area (Å²) in [4.78, 5) is 26.6. The van der Waals surface area contributed by atoms with Crippen LogP contribution in [0.4, 0.5) is 5.69 Å². The van der Waals surface area contributed by atoms with Crippen molar-refractivity contribution in [2.45, 2.75) is 61.1 Å². The van der Waals surface area contributed by atoms with Gasteiger partial charge in [0.2, 0.25) is 11.8 Å². The Kier molecular flexibility index (Phi) is 4.50. The molecule has 0 aromatic heterocycles. The van der Waals surface area contributed by atoms with Crippen LogP contribution in [0.2, 0.25) is 0 Å². The molecule has 7 heteroatoms. The first-order valence-electron chi connectivity index (χ1n) is 9.39. The van der Waals surface area contributed by atoms with Crippen LogP contribution in [0.3, 0.4) is 0 Å². The minimum Gasteiger partial charge on any atom is -0.339 e. The van der Waals surface area contributed by atoms with E-state index >= 15 is 0 Å². The van der Waals surface area contributed by atoms with Crippen molar-refractivity contribution in [3.8, 4) is 0 Å². The molecule has 3 fully saturated rings. The number of nitrogens with zero attached hydrogens (tertiary/aromatic N) is 1. The highest BCUT2D eigenvalue weighted by Gasteiger charge is 2.41. The topological polar surface area (TPSA) is 83.5 Å². The summed E-state index contributed by atoms with van der Waals surface area (Å²) in [5, 5.41) is 2.54. The molecule has 0 bridgehead atoms. The number of sulfone groups is 1. The zero-order chi connectivity index (χ0) is 18.3. The highest BCUT2D eigenvalue weighted by molar-refractivity contribution is 7.92. The predicted molar refractivity (Wildman–Crippen MR) is 97.4 cm³/mol. The van der Waals surface area contributed by atoms with Crippen molar-refractivity contribution in [2.24, 2.45) is 5.92 Å². The first-order chi connectivity index (χ1) is 12.4. The van der Waals surface area contributed by atoms with E-state index in [4.69, 9.17) is 0 Å². The van der Waals surface area contributed by atoms with Gasteiger partial charge in [-0.05, 0) is 49.9 Å². The summed E-state index contributed by atoms with van der Waals surface area (Å²) in [6.07, 6.45) is 5.73. The Bertz CT molecular complexity index is 808. The molecular weight excluding hydrogens is 352 g/mol. The van der Waals surface area contributed by atoms with Gasteiger partial charge in [0.25, 0.3) is 0 Å². The van der Waals surface area contributed by atoms with E-state index in [1.807, 2.05) is 4.90 Å². The molecule has 1 heterocycles. The molecule has 140 valence electrons. The molecule has 4 rings (SSSR count). The fraction of sp³-hybridized carbons (Fsp3) is 0.579. The maximum absolute atomic E-state index is 12.6. The lowest BCUT2D eigenvalue weighted by Crippen LogP contribution is -2.29. The molecule has 1 aromatic rings. The van der Waals surface area contributed by atoms with Gasteiger partial charge in [0.15, 0.2) is 9.84 Å². The third-order valence-electron chi connectivity index (χ3n) is 5.71. The van der Waals surface area contributed by atoms with Crippen molar-refractivity contribution in [2.75, 3.05) is 11.9 Å². The van der Waals surface area contributed by atoms with Crippen LogP contribution in [0.15, 0.2) is 29.2 Å². The van der Waals surface area contributed by atoms with Crippen molar-refractivity contribution < 1.29 is 18.0 Å². The van der Waals surface area contributed by atoms with Crippen LogP contribution in [-0.2, 0) is 19.4 Å². The number of carbonyl (C=O) groups excluding carboxylic acids is 2. The molecule has 1 saturated heterocycles. The smallest absolute Gasteiger partial charge is 0.229 e. The van der Waals surface area contributed by atoms with Gasteiger partial charge in [0.05, 0.1) is 16.1 Å². The average Bonchev–Trinajstić information content (AvgIpc) is 3.15. The van der Waals surface area contributed by atoms with E-state index in [0.717, 1.165) is 38.5 Å². The lowest BCUT2D eigenvalue weighted by Gasteiger charge is -2.15. The molecule has 1 aromatic carbocycles. The minimum absolute atomic E-state index is 0.0608. The van der Waals surface area contributed by atoms with Crippen LogP contribution in [0.5, 0.6) is 0 Å². The molecule has 2 saturated carbocycles. The van der Waals surface area contributed by atoms with E-state index in [-0.39, 0.29) is 29.4 Å². The lowest BCUT2D eigenvalue weighted by atomic mass is 10.1. The standard InChI is InChI=1S/C19H24N2O4S/c22-18-11-13(12-21(18)15-7-8-15)19(23)20-14-5-9-17(10-6-14)26(24,25)16-3-1-2-4-16/h5-6,9-10,13,15-16H,1-4,7-8,11-12H2,(H,20,23)/t13-/m1/s1. The SMILES string of the molecule is O=C(Nc1ccc(S(=O)(=O)C2CCCC2)cc1)[C@@H]1CC(=O)N(C2CC2)C1. The molecule has 2 aliphatic carbocycles. The van der Waals surface area contributed by atoms with Crippen LogP contribution >= 0.6 is 0 Å². The van der Waals surface area contributed by atoms with Gasteiger partial charge >= 0.3 is 0 Å². The van der Waals surface area contributed by atoms with Crippen LogP contribution < -0.4 is 5.32 Å².